The van der Waals surface area contributed by atoms with Crippen LogP contribution in [-0.2, 0) is 13.0 Å². The molecule has 3 N–H and O–H groups in total. The first-order chi connectivity index (χ1) is 11.8. The van der Waals surface area contributed by atoms with Crippen LogP contribution in [0.25, 0.3) is 0 Å². The Labute approximate surface area is 171 Å². The van der Waals surface area contributed by atoms with Crippen LogP contribution in [0, 0.1) is 0 Å². The van der Waals surface area contributed by atoms with E-state index < -0.39 is 0 Å². The molecule has 0 aliphatic heterocycles. The van der Waals surface area contributed by atoms with E-state index in [4.69, 9.17) is 0 Å². The largest absolute Gasteiger partial charge is 0.396 e. The highest BCUT2D eigenvalue weighted by Crippen LogP contribution is 2.15. The predicted molar refractivity (Wildman–Crippen MR) is 116 cm³/mol. The third-order valence-electron chi connectivity index (χ3n) is 3.67. The number of nitrogens with one attached hydrogen (secondary N) is 2. The number of aromatic nitrogens is 1. The number of nitrogens with zero attached hydrogens (tertiary/aromatic N) is 2. The molecule has 0 saturated heterocycles. The summed E-state index contributed by atoms with van der Waals surface area (Å²) in [5.74, 6) is 0.793. The Kier molecular flexibility index (Phi) is 10.7. The first-order valence-electron chi connectivity index (χ1n) is 8.38. The molecule has 0 fully saturated rings. The van der Waals surface area contributed by atoms with Gasteiger partial charge in [0.1, 0.15) is 5.01 Å². The molecule has 0 spiro atoms. The van der Waals surface area contributed by atoms with Crippen molar-refractivity contribution in [2.24, 2.45) is 4.99 Å². The second kappa shape index (κ2) is 12.2. The average Bonchev–Trinajstić information content (AvgIpc) is 3.09. The number of aliphatic hydroxyl groups is 1. The molecular formula is C18H27IN4OS. The molecule has 1 aromatic heterocycles. The highest BCUT2D eigenvalue weighted by Gasteiger charge is 2.11. The van der Waals surface area contributed by atoms with Crippen molar-refractivity contribution in [2.45, 2.75) is 32.7 Å². The van der Waals surface area contributed by atoms with Crippen LogP contribution in [0.3, 0.4) is 0 Å². The van der Waals surface area contributed by atoms with E-state index in [1.54, 1.807) is 11.3 Å². The number of aliphatic hydroxyl groups excluding tert-OH is 1. The summed E-state index contributed by atoms with van der Waals surface area (Å²) < 4.78 is 0. The molecule has 0 amide bonds. The molecule has 1 heterocycles. The Morgan fingerprint density at radius 3 is 2.60 bits per heavy atom. The number of rotatable bonds is 8. The lowest BCUT2D eigenvalue weighted by atomic mass is 10.0. The smallest absolute Gasteiger partial charge is 0.191 e. The van der Waals surface area contributed by atoms with Crippen LogP contribution in [0.5, 0.6) is 0 Å². The summed E-state index contributed by atoms with van der Waals surface area (Å²) in [5, 5.41) is 17.2. The maximum absolute atomic E-state index is 9.65. The monoisotopic (exact) mass is 474 g/mol. The molecule has 0 bridgehead atoms. The molecule has 25 heavy (non-hydrogen) atoms. The van der Waals surface area contributed by atoms with Gasteiger partial charge in [0.05, 0.1) is 13.2 Å². The van der Waals surface area contributed by atoms with Crippen molar-refractivity contribution >= 4 is 41.3 Å². The molecule has 0 saturated carbocycles. The molecule has 0 aliphatic carbocycles. The van der Waals surface area contributed by atoms with Gasteiger partial charge in [0, 0.05) is 30.1 Å². The average molecular weight is 474 g/mol. The van der Waals surface area contributed by atoms with Crippen LogP contribution < -0.4 is 10.6 Å². The second-order valence-corrected chi connectivity index (χ2v) is 6.64. The Balaban J connectivity index is 0.00000312. The molecule has 1 aromatic carbocycles. The highest BCUT2D eigenvalue weighted by molar-refractivity contribution is 14.0. The van der Waals surface area contributed by atoms with Gasteiger partial charge in [-0.2, -0.15) is 0 Å². The van der Waals surface area contributed by atoms with E-state index >= 15 is 0 Å². The number of guanidine groups is 1. The van der Waals surface area contributed by atoms with Crippen molar-refractivity contribution in [1.29, 1.82) is 0 Å². The van der Waals surface area contributed by atoms with Gasteiger partial charge in [-0.25, -0.2) is 9.98 Å². The van der Waals surface area contributed by atoms with Crippen molar-refractivity contribution < 1.29 is 5.11 Å². The molecule has 5 nitrogen and oxygen atoms in total. The summed E-state index contributed by atoms with van der Waals surface area (Å²) in [6, 6.07) is 10.0. The lowest BCUT2D eigenvalue weighted by molar-refractivity contribution is 0.265. The van der Waals surface area contributed by atoms with Crippen LogP contribution >= 0.6 is 35.3 Å². The van der Waals surface area contributed by atoms with Crippen LogP contribution in [0.2, 0.25) is 0 Å². The molecule has 138 valence electrons. The van der Waals surface area contributed by atoms with Gasteiger partial charge in [-0.05, 0) is 18.9 Å². The zero-order valence-corrected chi connectivity index (χ0v) is 17.9. The minimum atomic E-state index is 0. The number of hydrogen-bond donors (Lipinski definition) is 3. The van der Waals surface area contributed by atoms with Crippen LogP contribution in [0.15, 0.2) is 41.5 Å². The van der Waals surface area contributed by atoms with Gasteiger partial charge >= 0.3 is 0 Å². The Bertz CT molecular complexity index is 633. The van der Waals surface area contributed by atoms with Crippen molar-refractivity contribution in [2.75, 3.05) is 19.7 Å². The first kappa shape index (κ1) is 21.9. The molecule has 1 unspecified atom stereocenters. The fourth-order valence-electron chi connectivity index (χ4n) is 2.31. The van der Waals surface area contributed by atoms with Crippen molar-refractivity contribution in [3.8, 4) is 0 Å². The third-order valence-corrected chi connectivity index (χ3v) is 4.80. The zero-order chi connectivity index (χ0) is 17.2. The van der Waals surface area contributed by atoms with Gasteiger partial charge < -0.3 is 15.7 Å². The summed E-state index contributed by atoms with van der Waals surface area (Å²) in [7, 11) is 0. The van der Waals surface area contributed by atoms with E-state index in [1.165, 1.54) is 4.88 Å². The predicted octanol–water partition coefficient (Wildman–Crippen LogP) is 3.15. The summed E-state index contributed by atoms with van der Waals surface area (Å²) in [5.41, 5.74) is 1.12. The van der Waals surface area contributed by atoms with Crippen LogP contribution in [0.1, 0.15) is 35.2 Å². The first-order valence-corrected chi connectivity index (χ1v) is 9.20. The van der Waals surface area contributed by atoms with Gasteiger partial charge in [0.25, 0.3) is 0 Å². The van der Waals surface area contributed by atoms with Crippen molar-refractivity contribution in [1.82, 2.24) is 15.6 Å². The fraction of sp³-hybridized carbons (Fsp3) is 0.444. The number of aryl methyl sites for hydroxylation is 1. The van der Waals surface area contributed by atoms with Gasteiger partial charge in [-0.15, -0.1) is 35.3 Å². The number of hydrogen-bond acceptors (Lipinski definition) is 4. The zero-order valence-electron chi connectivity index (χ0n) is 14.7. The van der Waals surface area contributed by atoms with E-state index in [0.717, 1.165) is 29.5 Å². The van der Waals surface area contributed by atoms with Gasteiger partial charge in [-0.1, -0.05) is 37.3 Å². The quantitative estimate of drug-likeness (QED) is 0.313. The third kappa shape index (κ3) is 7.29. The van der Waals surface area contributed by atoms with E-state index in [1.807, 2.05) is 43.5 Å². The van der Waals surface area contributed by atoms with Crippen LogP contribution in [-0.4, -0.2) is 35.7 Å². The molecule has 1 atom stereocenters. The number of thiazole rings is 1. The number of halogens is 1. The summed E-state index contributed by atoms with van der Waals surface area (Å²) in [4.78, 5) is 10.3. The number of benzene rings is 1. The topological polar surface area (TPSA) is 69.5 Å². The molecule has 0 radical (unpaired) electrons. The van der Waals surface area contributed by atoms with Gasteiger partial charge in [0.15, 0.2) is 5.96 Å². The van der Waals surface area contributed by atoms with Gasteiger partial charge in [-0.3, -0.25) is 0 Å². The minimum absolute atomic E-state index is 0. The van der Waals surface area contributed by atoms with Crippen LogP contribution in [0.4, 0.5) is 0 Å². The number of aliphatic imine (C=N–C) groups is 1. The van der Waals surface area contributed by atoms with Crippen molar-refractivity contribution in [3.63, 3.8) is 0 Å². The molecule has 7 heteroatoms. The van der Waals surface area contributed by atoms with Crippen molar-refractivity contribution in [3.05, 3.63) is 52.0 Å². The van der Waals surface area contributed by atoms with E-state index in [9.17, 15) is 5.11 Å². The Morgan fingerprint density at radius 2 is 2.00 bits per heavy atom. The Morgan fingerprint density at radius 1 is 1.24 bits per heavy atom. The highest BCUT2D eigenvalue weighted by atomic mass is 127. The van der Waals surface area contributed by atoms with E-state index in [0.29, 0.717) is 13.1 Å². The fourth-order valence-corrected chi connectivity index (χ4v) is 3.09. The Hall–Kier alpha value is -1.19. The summed E-state index contributed by atoms with van der Waals surface area (Å²) in [6.45, 7) is 6.25. The van der Waals surface area contributed by atoms with E-state index in [-0.39, 0.29) is 36.5 Å². The molecule has 2 aromatic rings. The SMILES string of the molecule is CCNC(=NCc1ncc(CC)s1)NCC(CO)c1ccccc1.I. The maximum Gasteiger partial charge on any atom is 0.191 e. The summed E-state index contributed by atoms with van der Waals surface area (Å²) >= 11 is 1.70. The lowest BCUT2D eigenvalue weighted by Gasteiger charge is -2.17. The molecular weight excluding hydrogens is 447 g/mol. The standard InChI is InChI=1S/C18H26N4OS.HI/c1-3-16-11-20-17(24-16)12-22-18(19-4-2)21-10-15(13-23)14-8-6-5-7-9-14;/h5-9,11,15,23H,3-4,10,12-13H2,1-2H3,(H2,19,21,22);1H. The lowest BCUT2D eigenvalue weighted by Crippen LogP contribution is -2.39. The van der Waals surface area contributed by atoms with Gasteiger partial charge in [0.2, 0.25) is 0 Å². The molecule has 2 rings (SSSR count). The second-order valence-electron chi connectivity index (χ2n) is 5.44. The molecule has 0 aliphatic rings. The minimum Gasteiger partial charge on any atom is -0.396 e. The van der Waals surface area contributed by atoms with E-state index in [2.05, 4.69) is 27.5 Å². The summed E-state index contributed by atoms with van der Waals surface area (Å²) in [6.07, 6.45) is 2.93. The normalized spacial score (nSPS) is 12.4. The maximum atomic E-state index is 9.65.